The third-order valence-corrected chi connectivity index (χ3v) is 3.55. The number of aliphatic carboxylic acids is 1. The second-order valence-corrected chi connectivity index (χ2v) is 4.99. The van der Waals surface area contributed by atoms with E-state index in [0.29, 0.717) is 19.3 Å². The summed E-state index contributed by atoms with van der Waals surface area (Å²) in [5.74, 6) is -3.33. The van der Waals surface area contributed by atoms with E-state index in [9.17, 15) is 18.4 Å². The Labute approximate surface area is 114 Å². The molecule has 1 aromatic rings. The zero-order valence-electron chi connectivity index (χ0n) is 10.7. The minimum atomic E-state index is -0.873. The highest BCUT2D eigenvalue weighted by atomic mass is 19.1. The van der Waals surface area contributed by atoms with Crippen LogP contribution in [0.5, 0.6) is 0 Å². The molecule has 1 aliphatic rings. The topological polar surface area (TPSA) is 66.4 Å². The van der Waals surface area contributed by atoms with Crippen molar-refractivity contribution in [1.82, 2.24) is 5.32 Å². The third kappa shape index (κ3) is 3.31. The van der Waals surface area contributed by atoms with Crippen molar-refractivity contribution < 1.29 is 23.5 Å². The molecule has 2 rings (SSSR count). The number of nitrogens with one attached hydrogen (secondary N) is 1. The number of carboxylic acids is 1. The molecule has 1 aliphatic carbocycles. The van der Waals surface area contributed by atoms with Crippen molar-refractivity contribution in [2.24, 2.45) is 5.92 Å². The number of hydrogen-bond acceptors (Lipinski definition) is 2. The fraction of sp³-hybridized carbons (Fsp3) is 0.429. The Balaban J connectivity index is 1.92. The zero-order chi connectivity index (χ0) is 14.7. The molecule has 2 unspecified atom stereocenters. The normalized spacial score (nSPS) is 21.7. The molecule has 0 spiro atoms. The van der Waals surface area contributed by atoms with Gasteiger partial charge in [0.05, 0.1) is 12.3 Å². The number of hydrogen-bond donors (Lipinski definition) is 2. The molecule has 1 amide bonds. The largest absolute Gasteiger partial charge is 0.481 e. The molecular formula is C14H15F2NO3. The summed E-state index contributed by atoms with van der Waals surface area (Å²) in [5, 5.41) is 11.5. The maximum atomic E-state index is 13.4. The summed E-state index contributed by atoms with van der Waals surface area (Å²) >= 11 is 0. The number of benzene rings is 1. The highest BCUT2D eigenvalue weighted by Crippen LogP contribution is 2.25. The van der Waals surface area contributed by atoms with E-state index < -0.39 is 29.4 Å². The van der Waals surface area contributed by atoms with E-state index in [2.05, 4.69) is 5.32 Å². The van der Waals surface area contributed by atoms with Crippen molar-refractivity contribution in [3.05, 3.63) is 35.4 Å². The van der Waals surface area contributed by atoms with Gasteiger partial charge in [0.15, 0.2) is 0 Å². The number of carbonyl (C=O) groups is 2. The Morgan fingerprint density at radius 1 is 1.25 bits per heavy atom. The van der Waals surface area contributed by atoms with Crippen molar-refractivity contribution in [3.63, 3.8) is 0 Å². The maximum absolute atomic E-state index is 13.4. The summed E-state index contributed by atoms with van der Waals surface area (Å²) in [6.07, 6.45) is 1.06. The molecule has 1 fully saturated rings. The van der Waals surface area contributed by atoms with Gasteiger partial charge in [0, 0.05) is 11.6 Å². The van der Waals surface area contributed by atoms with Gasteiger partial charge in [-0.1, -0.05) is 6.07 Å². The first-order valence-corrected chi connectivity index (χ1v) is 6.42. The van der Waals surface area contributed by atoms with Gasteiger partial charge in [-0.25, -0.2) is 8.78 Å². The maximum Gasteiger partial charge on any atom is 0.306 e. The van der Waals surface area contributed by atoms with Crippen LogP contribution in [0.3, 0.4) is 0 Å². The van der Waals surface area contributed by atoms with Crippen LogP contribution in [0, 0.1) is 17.6 Å². The van der Waals surface area contributed by atoms with Crippen molar-refractivity contribution >= 4 is 11.9 Å². The smallest absolute Gasteiger partial charge is 0.306 e. The highest BCUT2D eigenvalue weighted by molar-refractivity contribution is 5.79. The van der Waals surface area contributed by atoms with Gasteiger partial charge >= 0.3 is 5.97 Å². The van der Waals surface area contributed by atoms with E-state index in [1.165, 1.54) is 6.07 Å². The minimum absolute atomic E-state index is 0.238. The quantitative estimate of drug-likeness (QED) is 0.886. The molecule has 0 heterocycles. The highest BCUT2D eigenvalue weighted by Gasteiger charge is 2.30. The van der Waals surface area contributed by atoms with Gasteiger partial charge in [-0.05, 0) is 31.4 Å². The number of rotatable bonds is 4. The molecule has 20 heavy (non-hydrogen) atoms. The fourth-order valence-electron chi connectivity index (χ4n) is 2.48. The SMILES string of the molecule is O=C(Cc1c(F)cccc1F)NC1CCC(C(=O)O)C1. The number of amides is 1. The average Bonchev–Trinajstić information content (AvgIpc) is 2.82. The van der Waals surface area contributed by atoms with Crippen molar-refractivity contribution in [1.29, 1.82) is 0 Å². The molecule has 2 N–H and O–H groups in total. The number of carboxylic acid groups (broad SMARTS) is 1. The molecule has 0 bridgehead atoms. The second kappa shape index (κ2) is 5.98. The average molecular weight is 283 g/mol. The standard InChI is InChI=1S/C14H15F2NO3/c15-11-2-1-3-12(16)10(11)7-13(18)17-9-5-4-8(6-9)14(19)20/h1-3,8-9H,4-7H2,(H,17,18)(H,19,20). The molecule has 1 saturated carbocycles. The molecule has 2 atom stereocenters. The van der Waals surface area contributed by atoms with Crippen LogP contribution in [0.1, 0.15) is 24.8 Å². The predicted molar refractivity (Wildman–Crippen MR) is 67.0 cm³/mol. The Hall–Kier alpha value is -1.98. The number of carbonyl (C=O) groups excluding carboxylic acids is 1. The van der Waals surface area contributed by atoms with Crippen LogP contribution in [0.2, 0.25) is 0 Å². The molecule has 4 nitrogen and oxygen atoms in total. The molecule has 1 aromatic carbocycles. The van der Waals surface area contributed by atoms with E-state index in [-0.39, 0.29) is 18.0 Å². The predicted octanol–water partition coefficient (Wildman–Crippen LogP) is 1.88. The van der Waals surface area contributed by atoms with E-state index in [1.54, 1.807) is 0 Å². The van der Waals surface area contributed by atoms with Crippen LogP contribution in [-0.2, 0) is 16.0 Å². The molecule has 0 saturated heterocycles. The van der Waals surface area contributed by atoms with Gasteiger partial charge in [0.2, 0.25) is 5.91 Å². The van der Waals surface area contributed by atoms with Gasteiger partial charge in [0.25, 0.3) is 0 Å². The Morgan fingerprint density at radius 3 is 2.45 bits per heavy atom. The summed E-state index contributed by atoms with van der Waals surface area (Å²) in [6, 6.07) is 3.20. The van der Waals surface area contributed by atoms with Crippen LogP contribution in [0.4, 0.5) is 8.78 Å². The molecule has 0 aromatic heterocycles. The first-order valence-electron chi connectivity index (χ1n) is 6.42. The minimum Gasteiger partial charge on any atom is -0.481 e. The zero-order valence-corrected chi connectivity index (χ0v) is 10.7. The van der Waals surface area contributed by atoms with Crippen LogP contribution in [0.25, 0.3) is 0 Å². The monoisotopic (exact) mass is 283 g/mol. The van der Waals surface area contributed by atoms with E-state index >= 15 is 0 Å². The molecular weight excluding hydrogens is 268 g/mol. The van der Waals surface area contributed by atoms with E-state index in [0.717, 1.165) is 12.1 Å². The van der Waals surface area contributed by atoms with E-state index in [1.807, 2.05) is 0 Å². The second-order valence-electron chi connectivity index (χ2n) is 4.99. The Morgan fingerprint density at radius 2 is 1.90 bits per heavy atom. The number of halogens is 2. The van der Waals surface area contributed by atoms with Crippen molar-refractivity contribution in [3.8, 4) is 0 Å². The summed E-state index contributed by atoms with van der Waals surface area (Å²) in [4.78, 5) is 22.6. The van der Waals surface area contributed by atoms with Gasteiger partial charge < -0.3 is 10.4 Å². The van der Waals surface area contributed by atoms with Gasteiger partial charge in [-0.2, -0.15) is 0 Å². The first kappa shape index (κ1) is 14.4. The van der Waals surface area contributed by atoms with Gasteiger partial charge in [0.1, 0.15) is 11.6 Å². The Kier molecular flexibility index (Phi) is 4.32. The Bertz CT molecular complexity index is 513. The molecule has 0 aliphatic heterocycles. The lowest BCUT2D eigenvalue weighted by molar-refractivity contribution is -0.141. The fourth-order valence-corrected chi connectivity index (χ4v) is 2.48. The molecule has 6 heteroatoms. The van der Waals surface area contributed by atoms with Crippen LogP contribution >= 0.6 is 0 Å². The lowest BCUT2D eigenvalue weighted by Crippen LogP contribution is -2.34. The summed E-state index contributed by atoms with van der Waals surface area (Å²) < 4.78 is 26.8. The summed E-state index contributed by atoms with van der Waals surface area (Å²) in [5.41, 5.74) is -0.266. The van der Waals surface area contributed by atoms with E-state index in [4.69, 9.17) is 5.11 Å². The van der Waals surface area contributed by atoms with Crippen LogP contribution in [0.15, 0.2) is 18.2 Å². The van der Waals surface area contributed by atoms with Crippen molar-refractivity contribution in [2.45, 2.75) is 31.7 Å². The van der Waals surface area contributed by atoms with Gasteiger partial charge in [-0.15, -0.1) is 0 Å². The van der Waals surface area contributed by atoms with Crippen LogP contribution < -0.4 is 5.32 Å². The third-order valence-electron chi connectivity index (χ3n) is 3.55. The molecule has 108 valence electrons. The summed E-state index contributed by atoms with van der Waals surface area (Å²) in [6.45, 7) is 0. The lowest BCUT2D eigenvalue weighted by atomic mass is 10.1. The van der Waals surface area contributed by atoms with Gasteiger partial charge in [-0.3, -0.25) is 9.59 Å². The lowest BCUT2D eigenvalue weighted by Gasteiger charge is -2.13. The summed E-state index contributed by atoms with van der Waals surface area (Å²) in [7, 11) is 0. The first-order chi connectivity index (χ1) is 9.47. The van der Waals surface area contributed by atoms with Crippen LogP contribution in [-0.4, -0.2) is 23.0 Å². The molecule has 0 radical (unpaired) electrons. The van der Waals surface area contributed by atoms with Crippen molar-refractivity contribution in [2.75, 3.05) is 0 Å².